The highest BCUT2D eigenvalue weighted by atomic mass is 32.1. The second-order valence-electron chi connectivity index (χ2n) is 13.7. The first-order chi connectivity index (χ1) is 26.3. The average molecular weight is 694 g/mol. The summed E-state index contributed by atoms with van der Waals surface area (Å²) in [5, 5.41) is 9.78. The molecule has 11 rings (SSSR count). The Kier molecular flexibility index (Phi) is 6.76. The van der Waals surface area contributed by atoms with Crippen LogP contribution in [0.5, 0.6) is 0 Å². The van der Waals surface area contributed by atoms with Gasteiger partial charge in [0.25, 0.3) is 0 Å². The number of thiophene rings is 1. The molecule has 248 valence electrons. The molecule has 2 heterocycles. The second-order valence-corrected chi connectivity index (χ2v) is 14.7. The topological polar surface area (TPSA) is 16.4 Å². The normalized spacial score (nSPS) is 11.8. The molecule has 9 aromatic carbocycles. The van der Waals surface area contributed by atoms with E-state index in [1.54, 1.807) is 0 Å². The summed E-state index contributed by atoms with van der Waals surface area (Å²) in [4.78, 5) is 2.44. The van der Waals surface area contributed by atoms with E-state index in [1.165, 1.54) is 58.4 Å². The van der Waals surface area contributed by atoms with Gasteiger partial charge in [0.1, 0.15) is 11.2 Å². The molecule has 3 heteroatoms. The lowest BCUT2D eigenvalue weighted by atomic mass is 9.92. The van der Waals surface area contributed by atoms with Crippen molar-refractivity contribution in [2.24, 2.45) is 0 Å². The molecule has 0 saturated heterocycles. The van der Waals surface area contributed by atoms with Gasteiger partial charge in [0.2, 0.25) is 0 Å². The van der Waals surface area contributed by atoms with E-state index in [2.05, 4.69) is 187 Å². The predicted octanol–water partition coefficient (Wildman–Crippen LogP) is 15.1. The van der Waals surface area contributed by atoms with Crippen LogP contribution in [-0.4, -0.2) is 0 Å². The van der Waals surface area contributed by atoms with Crippen molar-refractivity contribution in [3.05, 3.63) is 188 Å². The van der Waals surface area contributed by atoms with E-state index in [-0.39, 0.29) is 0 Å². The van der Waals surface area contributed by atoms with Crippen LogP contribution in [-0.2, 0) is 0 Å². The maximum atomic E-state index is 6.47. The maximum Gasteiger partial charge on any atom is 0.137 e. The molecular weight excluding hydrogens is 663 g/mol. The lowest BCUT2D eigenvalue weighted by Gasteiger charge is -2.29. The Labute approximate surface area is 310 Å². The quantitative estimate of drug-likeness (QED) is 0.167. The van der Waals surface area contributed by atoms with E-state index in [0.717, 1.165) is 44.6 Å². The van der Waals surface area contributed by atoms with Crippen LogP contribution in [0.2, 0.25) is 0 Å². The zero-order chi connectivity index (χ0) is 34.9. The molecule has 0 atom stereocenters. The number of fused-ring (bicyclic) bond motifs is 9. The summed E-state index contributed by atoms with van der Waals surface area (Å²) in [5.41, 5.74) is 9.73. The first kappa shape index (κ1) is 30.0. The second kappa shape index (κ2) is 11.9. The maximum absolute atomic E-state index is 6.47. The molecule has 0 spiro atoms. The number of nitrogens with zero attached hydrogens (tertiary/aromatic N) is 1. The highest BCUT2D eigenvalue weighted by Gasteiger charge is 2.23. The summed E-state index contributed by atoms with van der Waals surface area (Å²) in [6.07, 6.45) is 0. The van der Waals surface area contributed by atoms with Crippen molar-refractivity contribution in [2.75, 3.05) is 4.90 Å². The molecule has 0 saturated carbocycles. The monoisotopic (exact) mass is 693 g/mol. The zero-order valence-corrected chi connectivity index (χ0v) is 29.5. The molecule has 53 heavy (non-hydrogen) atoms. The first-order valence-corrected chi connectivity index (χ1v) is 18.8. The van der Waals surface area contributed by atoms with Crippen LogP contribution in [0.1, 0.15) is 0 Å². The Balaban J connectivity index is 1.18. The Morgan fingerprint density at radius 1 is 0.377 bits per heavy atom. The van der Waals surface area contributed by atoms with Crippen LogP contribution >= 0.6 is 11.3 Å². The molecule has 0 unspecified atom stereocenters. The number of furan rings is 1. The van der Waals surface area contributed by atoms with Gasteiger partial charge >= 0.3 is 0 Å². The molecule has 2 nitrogen and oxygen atoms in total. The molecule has 0 amide bonds. The molecule has 0 radical (unpaired) electrons. The van der Waals surface area contributed by atoms with Crippen LogP contribution in [0.3, 0.4) is 0 Å². The van der Waals surface area contributed by atoms with Crippen molar-refractivity contribution in [3.63, 3.8) is 0 Å². The van der Waals surface area contributed by atoms with Gasteiger partial charge in [-0.05, 0) is 98.9 Å². The standard InChI is InChI=1S/C50H31NOS/c1-2-16-36-34(13-1)31-42(38-18-4-3-17-37(36)38)39-19-5-8-22-44(39)51(45-23-12-25-47-50(45)41-21-6-9-24-46(41)52-47)35-15-11-14-32(29-35)33-27-28-49-43(30-33)40-20-7-10-26-48(40)53-49/h1-31H. The summed E-state index contributed by atoms with van der Waals surface area (Å²) < 4.78 is 9.10. The minimum absolute atomic E-state index is 0.869. The number of rotatable bonds is 5. The number of anilines is 3. The van der Waals surface area contributed by atoms with Gasteiger partial charge in [0, 0.05) is 36.8 Å². The van der Waals surface area contributed by atoms with E-state index >= 15 is 0 Å². The van der Waals surface area contributed by atoms with Gasteiger partial charge in [0.05, 0.1) is 16.8 Å². The number of benzene rings is 9. The van der Waals surface area contributed by atoms with E-state index in [1.807, 2.05) is 17.4 Å². The lowest BCUT2D eigenvalue weighted by Crippen LogP contribution is -2.12. The van der Waals surface area contributed by atoms with Crippen LogP contribution in [0.4, 0.5) is 17.1 Å². The largest absolute Gasteiger partial charge is 0.456 e. The van der Waals surface area contributed by atoms with E-state index in [9.17, 15) is 0 Å². The van der Waals surface area contributed by atoms with Gasteiger partial charge in [-0.3, -0.25) is 0 Å². The SMILES string of the molecule is c1cc(-c2ccc3sc4ccccc4c3c2)cc(N(c2ccccc2-c2cc3ccccc3c3ccccc23)c2cccc3oc4ccccc4c23)c1. The van der Waals surface area contributed by atoms with Crippen molar-refractivity contribution < 1.29 is 4.42 Å². The molecule has 11 aromatic rings. The Hall–Kier alpha value is -6.68. The van der Waals surface area contributed by atoms with Gasteiger partial charge in [-0.2, -0.15) is 0 Å². The molecule has 0 aliphatic carbocycles. The Bertz CT molecular complexity index is 3200. The third-order valence-electron chi connectivity index (χ3n) is 10.6. The van der Waals surface area contributed by atoms with Gasteiger partial charge in [-0.15, -0.1) is 11.3 Å². The van der Waals surface area contributed by atoms with E-state index in [4.69, 9.17) is 4.42 Å². The van der Waals surface area contributed by atoms with Crippen molar-refractivity contribution in [3.8, 4) is 22.3 Å². The molecule has 0 aliphatic rings. The summed E-state index contributed by atoms with van der Waals surface area (Å²) in [6, 6.07) is 68.1. The van der Waals surface area contributed by atoms with Crippen molar-refractivity contribution in [2.45, 2.75) is 0 Å². The third-order valence-corrected chi connectivity index (χ3v) is 11.8. The van der Waals surface area contributed by atoms with Gasteiger partial charge in [0.15, 0.2) is 0 Å². The fraction of sp³-hybridized carbons (Fsp3) is 0. The van der Waals surface area contributed by atoms with Crippen LogP contribution < -0.4 is 4.90 Å². The number of hydrogen-bond acceptors (Lipinski definition) is 3. The van der Waals surface area contributed by atoms with Crippen molar-refractivity contribution in [1.29, 1.82) is 0 Å². The summed E-state index contributed by atoms with van der Waals surface area (Å²) in [5.74, 6) is 0. The fourth-order valence-electron chi connectivity index (χ4n) is 8.25. The highest BCUT2D eigenvalue weighted by molar-refractivity contribution is 7.25. The number of hydrogen-bond donors (Lipinski definition) is 0. The van der Waals surface area contributed by atoms with Crippen molar-refractivity contribution in [1.82, 2.24) is 0 Å². The van der Waals surface area contributed by atoms with Crippen molar-refractivity contribution >= 4 is 92.1 Å². The Morgan fingerprint density at radius 3 is 1.96 bits per heavy atom. The van der Waals surface area contributed by atoms with Crippen LogP contribution in [0.15, 0.2) is 192 Å². The van der Waals surface area contributed by atoms with Gasteiger partial charge in [-0.25, -0.2) is 0 Å². The van der Waals surface area contributed by atoms with E-state index < -0.39 is 0 Å². The predicted molar refractivity (Wildman–Crippen MR) is 227 cm³/mol. The van der Waals surface area contributed by atoms with Gasteiger partial charge < -0.3 is 9.32 Å². The minimum Gasteiger partial charge on any atom is -0.456 e. The molecule has 0 fully saturated rings. The fourth-order valence-corrected chi connectivity index (χ4v) is 9.34. The van der Waals surface area contributed by atoms with Gasteiger partial charge in [-0.1, -0.05) is 127 Å². The first-order valence-electron chi connectivity index (χ1n) is 18.0. The molecule has 0 bridgehead atoms. The average Bonchev–Trinajstić information content (AvgIpc) is 3.80. The lowest BCUT2D eigenvalue weighted by molar-refractivity contribution is 0.669. The molecule has 0 N–H and O–H groups in total. The molecular formula is C50H31NOS. The zero-order valence-electron chi connectivity index (χ0n) is 28.7. The third kappa shape index (κ3) is 4.78. The summed E-state index contributed by atoms with van der Waals surface area (Å²) in [6.45, 7) is 0. The summed E-state index contributed by atoms with van der Waals surface area (Å²) >= 11 is 1.85. The smallest absolute Gasteiger partial charge is 0.137 e. The molecule has 0 aliphatic heterocycles. The van der Waals surface area contributed by atoms with E-state index in [0.29, 0.717) is 0 Å². The van der Waals surface area contributed by atoms with Crippen LogP contribution in [0, 0.1) is 0 Å². The highest BCUT2D eigenvalue weighted by Crippen LogP contribution is 2.48. The molecule has 2 aromatic heterocycles. The number of para-hydroxylation sites is 2. The minimum atomic E-state index is 0.869. The summed E-state index contributed by atoms with van der Waals surface area (Å²) in [7, 11) is 0. The Morgan fingerprint density at radius 2 is 1.04 bits per heavy atom. The van der Waals surface area contributed by atoms with Crippen LogP contribution in [0.25, 0.3) is 85.9 Å².